The number of oxazole rings is 1. The molecule has 0 unspecified atom stereocenters. The molecule has 1 saturated heterocycles. The van der Waals surface area contributed by atoms with Crippen LogP contribution in [-0.2, 0) is 4.74 Å². The number of nitriles is 1. The Labute approximate surface area is 144 Å². The second-order valence-electron chi connectivity index (χ2n) is 5.92. The Morgan fingerprint density at radius 2 is 1.96 bits per heavy atom. The van der Waals surface area contributed by atoms with Crippen LogP contribution < -0.4 is 4.90 Å². The lowest BCUT2D eigenvalue weighted by atomic mass is 10.1. The fraction of sp³-hybridized carbons (Fsp3) is 0.333. The second-order valence-corrected chi connectivity index (χ2v) is 5.92. The van der Waals surface area contributed by atoms with Gasteiger partial charge in [0.25, 0.3) is 0 Å². The first-order chi connectivity index (χ1) is 12.2. The van der Waals surface area contributed by atoms with E-state index in [-0.39, 0.29) is 0 Å². The predicted octanol–water partition coefficient (Wildman–Crippen LogP) is 2.42. The van der Waals surface area contributed by atoms with E-state index in [4.69, 9.17) is 9.15 Å². The summed E-state index contributed by atoms with van der Waals surface area (Å²) >= 11 is 0. The van der Waals surface area contributed by atoms with Crippen LogP contribution in [0.2, 0.25) is 0 Å². The maximum absolute atomic E-state index is 9.71. The van der Waals surface area contributed by atoms with Crippen molar-refractivity contribution in [1.29, 1.82) is 5.26 Å². The van der Waals surface area contributed by atoms with Crippen molar-refractivity contribution >= 4 is 17.0 Å². The monoisotopic (exact) mass is 335 g/mol. The van der Waals surface area contributed by atoms with Gasteiger partial charge < -0.3 is 14.1 Å². The lowest BCUT2D eigenvalue weighted by molar-refractivity contribution is 0.122. The number of ether oxygens (including phenoxy) is 1. The van der Waals surface area contributed by atoms with E-state index in [2.05, 4.69) is 25.9 Å². The van der Waals surface area contributed by atoms with Gasteiger partial charge in [-0.15, -0.1) is 0 Å². The van der Waals surface area contributed by atoms with Crippen molar-refractivity contribution in [3.05, 3.63) is 47.6 Å². The van der Waals surface area contributed by atoms with E-state index in [0.717, 1.165) is 24.3 Å². The van der Waals surface area contributed by atoms with Crippen molar-refractivity contribution in [2.45, 2.75) is 12.8 Å². The van der Waals surface area contributed by atoms with Crippen LogP contribution >= 0.6 is 0 Å². The van der Waals surface area contributed by atoms with E-state index in [0.29, 0.717) is 36.3 Å². The van der Waals surface area contributed by atoms with E-state index in [9.17, 15) is 5.26 Å². The third-order valence-corrected chi connectivity index (χ3v) is 4.14. The first-order valence-corrected chi connectivity index (χ1v) is 8.18. The minimum absolute atomic E-state index is 0.356. The van der Waals surface area contributed by atoms with Crippen LogP contribution in [0.1, 0.15) is 23.2 Å². The van der Waals surface area contributed by atoms with Crippen LogP contribution in [0.3, 0.4) is 0 Å². The van der Waals surface area contributed by atoms with Crippen molar-refractivity contribution in [2.75, 3.05) is 31.2 Å². The maximum atomic E-state index is 9.71. The molecule has 0 aliphatic carbocycles. The molecule has 7 nitrogen and oxygen atoms in total. The predicted molar refractivity (Wildman–Crippen MR) is 91.3 cm³/mol. The molecule has 1 aliphatic heterocycles. The number of anilines is 1. The Morgan fingerprint density at radius 3 is 2.72 bits per heavy atom. The minimum Gasteiger partial charge on any atom is -0.439 e. The Bertz CT molecular complexity index is 907. The number of morpholine rings is 1. The zero-order chi connectivity index (χ0) is 17.2. The van der Waals surface area contributed by atoms with Crippen molar-refractivity contribution in [3.63, 3.8) is 0 Å². The maximum Gasteiger partial charge on any atom is 0.225 e. The number of aromatic nitrogens is 3. The van der Waals surface area contributed by atoms with Crippen LogP contribution in [0.15, 0.2) is 34.7 Å². The molecule has 0 bridgehead atoms. The summed E-state index contributed by atoms with van der Waals surface area (Å²) in [4.78, 5) is 15.6. The van der Waals surface area contributed by atoms with Gasteiger partial charge in [0.2, 0.25) is 11.8 Å². The van der Waals surface area contributed by atoms with E-state index in [1.165, 1.54) is 0 Å². The number of fused-ring (bicyclic) bond motifs is 1. The summed E-state index contributed by atoms with van der Waals surface area (Å²) in [5, 5.41) is 9.71. The summed E-state index contributed by atoms with van der Waals surface area (Å²) in [7, 11) is 0. The molecule has 3 aromatic rings. The van der Waals surface area contributed by atoms with Crippen LogP contribution in [-0.4, -0.2) is 41.3 Å². The number of rotatable bonds is 3. The van der Waals surface area contributed by atoms with Gasteiger partial charge in [0.1, 0.15) is 5.52 Å². The van der Waals surface area contributed by atoms with Crippen molar-refractivity contribution < 1.29 is 9.15 Å². The smallest absolute Gasteiger partial charge is 0.225 e. The first-order valence-electron chi connectivity index (χ1n) is 8.18. The molecule has 7 heteroatoms. The zero-order valence-corrected chi connectivity index (χ0v) is 13.8. The molecule has 126 valence electrons. The molecule has 1 fully saturated rings. The van der Waals surface area contributed by atoms with Gasteiger partial charge in [-0.1, -0.05) is 12.1 Å². The SMILES string of the molecule is Cc1cc([C@H](C#N)c2nc3ccccc3o2)nc(N2CCOCC2)n1. The molecule has 0 N–H and O–H groups in total. The Hall–Kier alpha value is -2.98. The van der Waals surface area contributed by atoms with Gasteiger partial charge in [0.05, 0.1) is 25.0 Å². The summed E-state index contributed by atoms with van der Waals surface area (Å²) in [6, 6.07) is 11.5. The third kappa shape index (κ3) is 3.04. The number of hydrogen-bond acceptors (Lipinski definition) is 7. The zero-order valence-electron chi connectivity index (χ0n) is 13.8. The van der Waals surface area contributed by atoms with Gasteiger partial charge in [-0.25, -0.2) is 15.0 Å². The molecule has 1 aliphatic rings. The van der Waals surface area contributed by atoms with Gasteiger partial charge in [0, 0.05) is 18.8 Å². The molecule has 2 aromatic heterocycles. The van der Waals surface area contributed by atoms with Crippen molar-refractivity contribution in [1.82, 2.24) is 15.0 Å². The lowest BCUT2D eigenvalue weighted by Crippen LogP contribution is -2.37. The van der Waals surface area contributed by atoms with Crippen LogP contribution in [0.25, 0.3) is 11.1 Å². The molecule has 0 spiro atoms. The highest BCUT2D eigenvalue weighted by Crippen LogP contribution is 2.27. The molecule has 4 rings (SSSR count). The average Bonchev–Trinajstić information content (AvgIpc) is 3.06. The Morgan fingerprint density at radius 1 is 1.16 bits per heavy atom. The van der Waals surface area contributed by atoms with Crippen LogP contribution in [0.5, 0.6) is 0 Å². The second kappa shape index (κ2) is 6.49. The fourth-order valence-corrected chi connectivity index (χ4v) is 2.89. The molecule has 1 atom stereocenters. The molecular weight excluding hydrogens is 318 g/mol. The molecule has 0 saturated carbocycles. The van der Waals surface area contributed by atoms with Gasteiger partial charge in [-0.2, -0.15) is 5.26 Å². The van der Waals surface area contributed by atoms with Crippen molar-refractivity contribution in [2.24, 2.45) is 0 Å². The minimum atomic E-state index is -0.672. The third-order valence-electron chi connectivity index (χ3n) is 4.14. The molecule has 1 aromatic carbocycles. The lowest BCUT2D eigenvalue weighted by Gasteiger charge is -2.27. The van der Waals surface area contributed by atoms with Gasteiger partial charge in [0.15, 0.2) is 11.5 Å². The van der Waals surface area contributed by atoms with Crippen LogP contribution in [0.4, 0.5) is 5.95 Å². The van der Waals surface area contributed by atoms with Crippen LogP contribution in [0, 0.1) is 18.3 Å². The molecule has 0 radical (unpaired) electrons. The summed E-state index contributed by atoms with van der Waals surface area (Å²) in [6.45, 7) is 4.68. The van der Waals surface area contributed by atoms with E-state index in [1.54, 1.807) is 0 Å². The highest BCUT2D eigenvalue weighted by Gasteiger charge is 2.24. The average molecular weight is 335 g/mol. The number of benzene rings is 1. The van der Waals surface area contributed by atoms with Gasteiger partial charge >= 0.3 is 0 Å². The number of nitrogens with zero attached hydrogens (tertiary/aromatic N) is 5. The Balaban J connectivity index is 1.73. The number of aryl methyl sites for hydroxylation is 1. The fourth-order valence-electron chi connectivity index (χ4n) is 2.89. The molecule has 25 heavy (non-hydrogen) atoms. The standard InChI is InChI=1S/C18H17N5O2/c1-12-10-15(22-18(20-12)23-6-8-24-9-7-23)13(11-19)17-21-14-4-2-3-5-16(14)25-17/h2-5,10,13H,6-9H2,1H3/t13-/m0/s1. The normalized spacial score (nSPS) is 15.9. The Kier molecular flexibility index (Phi) is 4.04. The van der Waals surface area contributed by atoms with Crippen molar-refractivity contribution in [3.8, 4) is 6.07 Å². The van der Waals surface area contributed by atoms with E-state index in [1.807, 2.05) is 37.3 Å². The molecule has 3 heterocycles. The summed E-state index contributed by atoms with van der Waals surface area (Å²) in [6.07, 6.45) is 0. The molecule has 0 amide bonds. The highest BCUT2D eigenvalue weighted by atomic mass is 16.5. The number of para-hydroxylation sites is 2. The highest BCUT2D eigenvalue weighted by molar-refractivity contribution is 5.72. The van der Waals surface area contributed by atoms with Gasteiger partial charge in [-0.3, -0.25) is 0 Å². The molecular formula is C18H17N5O2. The van der Waals surface area contributed by atoms with E-state index < -0.39 is 5.92 Å². The largest absolute Gasteiger partial charge is 0.439 e. The number of hydrogen-bond donors (Lipinski definition) is 0. The summed E-state index contributed by atoms with van der Waals surface area (Å²) in [5.41, 5.74) is 2.81. The summed E-state index contributed by atoms with van der Waals surface area (Å²) < 4.78 is 11.2. The first kappa shape index (κ1) is 15.5. The van der Waals surface area contributed by atoms with E-state index >= 15 is 0 Å². The topological polar surface area (TPSA) is 88.1 Å². The quantitative estimate of drug-likeness (QED) is 0.726. The summed E-state index contributed by atoms with van der Waals surface area (Å²) in [5.74, 6) is 0.304. The van der Waals surface area contributed by atoms with Gasteiger partial charge in [-0.05, 0) is 25.1 Å².